The Balaban J connectivity index is 1.87. The van der Waals surface area contributed by atoms with Crippen molar-refractivity contribution in [2.45, 2.75) is 13.0 Å². The summed E-state index contributed by atoms with van der Waals surface area (Å²) in [6.07, 6.45) is -1.06. The third kappa shape index (κ3) is 5.57. The molecule has 0 saturated carbocycles. The van der Waals surface area contributed by atoms with Gasteiger partial charge >= 0.3 is 5.97 Å². The number of hydrogen-bond acceptors (Lipinski definition) is 4. The lowest BCUT2D eigenvalue weighted by molar-refractivity contribution is -0.153. The van der Waals surface area contributed by atoms with Gasteiger partial charge in [-0.25, -0.2) is 13.6 Å². The highest BCUT2D eigenvalue weighted by Crippen LogP contribution is 2.28. The van der Waals surface area contributed by atoms with E-state index in [9.17, 15) is 18.4 Å². The molecule has 138 valence electrons. The van der Waals surface area contributed by atoms with Crippen LogP contribution in [0.25, 0.3) is 0 Å². The van der Waals surface area contributed by atoms with Crippen molar-refractivity contribution >= 4 is 40.8 Å². The number of esters is 1. The number of amides is 1. The number of benzene rings is 2. The number of rotatable bonds is 6. The number of carbonyl (C=O) groups excluding carboxylic acids is 2. The number of nitrogens with one attached hydrogen (secondary N) is 1. The standard InChI is InChI=1S/C17H13Cl2F2NO4/c1-9(26-15-5-2-10(18)6-12(15)19)17(24)25-8-16(23)22-14-7-11(20)3-4-13(14)21/h2-7,9H,8H2,1H3,(H,22,23)/t9-/m0/s1. The van der Waals surface area contributed by atoms with Crippen LogP contribution in [0.2, 0.25) is 10.0 Å². The predicted octanol–water partition coefficient (Wildman–Crippen LogP) is 4.22. The van der Waals surface area contributed by atoms with Crippen LogP contribution in [0.1, 0.15) is 6.92 Å². The Morgan fingerprint density at radius 2 is 1.88 bits per heavy atom. The van der Waals surface area contributed by atoms with Gasteiger partial charge in [0.1, 0.15) is 17.4 Å². The van der Waals surface area contributed by atoms with E-state index in [0.29, 0.717) is 5.02 Å². The molecule has 2 rings (SSSR count). The molecular weight excluding hydrogens is 391 g/mol. The molecule has 0 saturated heterocycles. The molecule has 1 amide bonds. The molecule has 26 heavy (non-hydrogen) atoms. The second-order valence-electron chi connectivity index (χ2n) is 5.11. The predicted molar refractivity (Wildman–Crippen MR) is 92.5 cm³/mol. The molecule has 0 unspecified atom stereocenters. The fraction of sp³-hybridized carbons (Fsp3) is 0.176. The van der Waals surface area contributed by atoms with Crippen LogP contribution in [0.3, 0.4) is 0 Å². The van der Waals surface area contributed by atoms with Crippen LogP contribution >= 0.6 is 23.2 Å². The van der Waals surface area contributed by atoms with Gasteiger partial charge in [0.2, 0.25) is 0 Å². The molecule has 0 spiro atoms. The third-order valence-electron chi connectivity index (χ3n) is 3.08. The van der Waals surface area contributed by atoms with Gasteiger partial charge in [0.05, 0.1) is 10.7 Å². The Morgan fingerprint density at radius 3 is 2.58 bits per heavy atom. The van der Waals surface area contributed by atoms with E-state index in [1.54, 1.807) is 0 Å². The first-order valence-electron chi connectivity index (χ1n) is 7.29. The Morgan fingerprint density at radius 1 is 1.15 bits per heavy atom. The van der Waals surface area contributed by atoms with Gasteiger partial charge in [-0.3, -0.25) is 4.79 Å². The highest BCUT2D eigenvalue weighted by atomic mass is 35.5. The molecule has 0 fully saturated rings. The Kier molecular flexibility index (Phi) is 6.76. The number of halogens is 4. The molecule has 0 aliphatic carbocycles. The van der Waals surface area contributed by atoms with Crippen LogP contribution < -0.4 is 10.1 Å². The summed E-state index contributed by atoms with van der Waals surface area (Å²) in [7, 11) is 0. The fourth-order valence-electron chi connectivity index (χ4n) is 1.84. The van der Waals surface area contributed by atoms with Crippen molar-refractivity contribution in [3.8, 4) is 5.75 Å². The van der Waals surface area contributed by atoms with Crippen LogP contribution in [0.15, 0.2) is 36.4 Å². The highest BCUT2D eigenvalue weighted by Gasteiger charge is 2.19. The highest BCUT2D eigenvalue weighted by molar-refractivity contribution is 6.35. The Hall–Kier alpha value is -2.38. The average Bonchev–Trinajstić information content (AvgIpc) is 2.58. The van der Waals surface area contributed by atoms with Crippen LogP contribution in [0, 0.1) is 11.6 Å². The van der Waals surface area contributed by atoms with E-state index < -0.39 is 36.2 Å². The molecule has 1 N–H and O–H groups in total. The van der Waals surface area contributed by atoms with Gasteiger partial charge in [-0.15, -0.1) is 0 Å². The first-order chi connectivity index (χ1) is 12.3. The van der Waals surface area contributed by atoms with E-state index >= 15 is 0 Å². The van der Waals surface area contributed by atoms with Gasteiger partial charge in [-0.1, -0.05) is 23.2 Å². The summed E-state index contributed by atoms with van der Waals surface area (Å²) in [5.74, 6) is -3.00. The summed E-state index contributed by atoms with van der Waals surface area (Å²) in [5, 5.41) is 2.71. The first-order valence-corrected chi connectivity index (χ1v) is 8.05. The fourth-order valence-corrected chi connectivity index (χ4v) is 2.30. The maximum absolute atomic E-state index is 13.4. The SMILES string of the molecule is C[C@H](Oc1ccc(Cl)cc1Cl)C(=O)OCC(=O)Nc1cc(F)ccc1F. The summed E-state index contributed by atoms with van der Waals surface area (Å²) in [5.41, 5.74) is -0.358. The van der Waals surface area contributed by atoms with E-state index in [-0.39, 0.29) is 16.5 Å². The maximum atomic E-state index is 13.4. The third-order valence-corrected chi connectivity index (χ3v) is 3.61. The summed E-state index contributed by atoms with van der Waals surface area (Å²) < 4.78 is 36.6. The van der Waals surface area contributed by atoms with Crippen molar-refractivity contribution in [3.05, 3.63) is 58.1 Å². The molecule has 0 aliphatic rings. The van der Waals surface area contributed by atoms with Gasteiger partial charge in [-0.2, -0.15) is 0 Å². The zero-order valence-corrected chi connectivity index (χ0v) is 14.9. The van der Waals surface area contributed by atoms with E-state index in [1.165, 1.54) is 25.1 Å². The minimum atomic E-state index is -1.06. The largest absolute Gasteiger partial charge is 0.477 e. The molecule has 0 heterocycles. The first kappa shape index (κ1) is 19.9. The normalized spacial score (nSPS) is 11.6. The summed E-state index contributed by atoms with van der Waals surface area (Å²) >= 11 is 11.7. The lowest BCUT2D eigenvalue weighted by atomic mass is 10.3. The second-order valence-corrected chi connectivity index (χ2v) is 5.96. The van der Waals surface area contributed by atoms with E-state index in [2.05, 4.69) is 5.32 Å². The maximum Gasteiger partial charge on any atom is 0.347 e. The minimum absolute atomic E-state index is 0.205. The molecule has 9 heteroatoms. The lowest BCUT2D eigenvalue weighted by Gasteiger charge is -2.15. The van der Waals surface area contributed by atoms with E-state index in [0.717, 1.165) is 18.2 Å². The monoisotopic (exact) mass is 403 g/mol. The van der Waals surface area contributed by atoms with Gasteiger partial charge in [0, 0.05) is 11.1 Å². The van der Waals surface area contributed by atoms with Crippen LogP contribution in [0.4, 0.5) is 14.5 Å². The molecule has 2 aromatic carbocycles. The van der Waals surface area contributed by atoms with E-state index in [1.807, 2.05) is 0 Å². The number of ether oxygens (including phenoxy) is 2. The second kappa shape index (κ2) is 8.82. The summed E-state index contributed by atoms with van der Waals surface area (Å²) in [6, 6.07) is 7.03. The van der Waals surface area contributed by atoms with E-state index in [4.69, 9.17) is 32.7 Å². The molecular formula is C17H13Cl2F2NO4. The number of hydrogen-bond donors (Lipinski definition) is 1. The van der Waals surface area contributed by atoms with Crippen molar-refractivity contribution in [2.24, 2.45) is 0 Å². The summed E-state index contributed by atoms with van der Waals surface area (Å²) in [4.78, 5) is 23.6. The molecule has 5 nitrogen and oxygen atoms in total. The molecule has 0 radical (unpaired) electrons. The Bertz CT molecular complexity index is 832. The molecule has 1 atom stereocenters. The van der Waals surface area contributed by atoms with Gasteiger partial charge in [0.15, 0.2) is 12.7 Å². The van der Waals surface area contributed by atoms with Crippen molar-refractivity contribution < 1.29 is 27.8 Å². The molecule has 0 aromatic heterocycles. The van der Waals surface area contributed by atoms with Gasteiger partial charge < -0.3 is 14.8 Å². The molecule has 0 aliphatic heterocycles. The van der Waals surface area contributed by atoms with Gasteiger partial charge in [-0.05, 0) is 37.3 Å². The zero-order chi connectivity index (χ0) is 19.3. The summed E-state index contributed by atoms with van der Waals surface area (Å²) in [6.45, 7) is 0.703. The van der Waals surface area contributed by atoms with Crippen molar-refractivity contribution in [1.29, 1.82) is 0 Å². The molecule has 2 aromatic rings. The quantitative estimate of drug-likeness (QED) is 0.733. The smallest absolute Gasteiger partial charge is 0.347 e. The van der Waals surface area contributed by atoms with Crippen molar-refractivity contribution in [1.82, 2.24) is 0 Å². The topological polar surface area (TPSA) is 64.6 Å². The number of carbonyl (C=O) groups is 2. The number of anilines is 1. The Labute approximate surface area is 157 Å². The van der Waals surface area contributed by atoms with Crippen molar-refractivity contribution in [2.75, 3.05) is 11.9 Å². The minimum Gasteiger partial charge on any atom is -0.477 e. The van der Waals surface area contributed by atoms with Gasteiger partial charge in [0.25, 0.3) is 5.91 Å². The van der Waals surface area contributed by atoms with Crippen molar-refractivity contribution in [3.63, 3.8) is 0 Å². The zero-order valence-electron chi connectivity index (χ0n) is 13.4. The van der Waals surface area contributed by atoms with Crippen LogP contribution in [-0.4, -0.2) is 24.6 Å². The van der Waals surface area contributed by atoms with Crippen LogP contribution in [-0.2, 0) is 14.3 Å². The molecule has 0 bridgehead atoms. The lowest BCUT2D eigenvalue weighted by Crippen LogP contribution is -2.30. The van der Waals surface area contributed by atoms with Crippen LogP contribution in [0.5, 0.6) is 5.75 Å². The average molecular weight is 404 g/mol.